The molecule has 5 heteroatoms. The van der Waals surface area contributed by atoms with Crippen molar-refractivity contribution >= 4 is 11.9 Å². The van der Waals surface area contributed by atoms with Gasteiger partial charge in [0.05, 0.1) is 5.92 Å². The Labute approximate surface area is 145 Å². The number of carbonyl (C=O) groups excluding carboxylic acids is 2. The summed E-state index contributed by atoms with van der Waals surface area (Å²) in [4.78, 5) is 27.7. The highest BCUT2D eigenvalue weighted by Gasteiger charge is 2.28. The van der Waals surface area contributed by atoms with Crippen LogP contribution in [0.3, 0.4) is 0 Å². The lowest BCUT2D eigenvalue weighted by Gasteiger charge is -2.33. The van der Waals surface area contributed by atoms with Crippen LogP contribution in [0.4, 0.5) is 4.79 Å². The van der Waals surface area contributed by atoms with E-state index in [0.29, 0.717) is 13.1 Å². The molecular weight excluding hydrogens is 302 g/mol. The second kappa shape index (κ2) is 8.71. The molecular formula is C19H29N3O2. The summed E-state index contributed by atoms with van der Waals surface area (Å²) in [5.41, 5.74) is 2.58. The van der Waals surface area contributed by atoms with Crippen molar-refractivity contribution in [3.8, 4) is 0 Å². The highest BCUT2D eigenvalue weighted by molar-refractivity contribution is 5.80. The van der Waals surface area contributed by atoms with Gasteiger partial charge in [0.25, 0.3) is 0 Å². The second-order valence-electron chi connectivity index (χ2n) is 6.85. The Bertz CT molecular complexity index is 571. The zero-order valence-electron chi connectivity index (χ0n) is 15.0. The Morgan fingerprint density at radius 2 is 2.12 bits per heavy atom. The van der Waals surface area contributed by atoms with Gasteiger partial charge in [-0.25, -0.2) is 4.79 Å². The number of carbonyl (C=O) groups is 2. The number of aryl methyl sites for hydroxylation is 2. The molecule has 0 saturated carbocycles. The van der Waals surface area contributed by atoms with Crippen molar-refractivity contribution in [1.82, 2.24) is 15.1 Å². The number of urea groups is 1. The van der Waals surface area contributed by atoms with E-state index in [0.717, 1.165) is 32.2 Å². The van der Waals surface area contributed by atoms with Crippen LogP contribution < -0.4 is 5.32 Å². The van der Waals surface area contributed by atoms with Crippen molar-refractivity contribution in [2.45, 2.75) is 32.6 Å². The first-order valence-corrected chi connectivity index (χ1v) is 8.77. The molecule has 1 atom stereocenters. The monoisotopic (exact) mass is 331 g/mol. The molecule has 3 amide bonds. The van der Waals surface area contributed by atoms with Crippen molar-refractivity contribution < 1.29 is 9.59 Å². The number of nitrogens with one attached hydrogen (secondary N) is 1. The quantitative estimate of drug-likeness (QED) is 0.843. The van der Waals surface area contributed by atoms with Gasteiger partial charge in [-0.1, -0.05) is 29.8 Å². The molecule has 0 spiro atoms. The minimum Gasteiger partial charge on any atom is -0.356 e. The first-order valence-electron chi connectivity index (χ1n) is 8.77. The summed E-state index contributed by atoms with van der Waals surface area (Å²) in [5.74, 6) is -0.00267. The summed E-state index contributed by atoms with van der Waals surface area (Å²) < 4.78 is 0. The normalized spacial score (nSPS) is 17.5. The van der Waals surface area contributed by atoms with Gasteiger partial charge in [-0.15, -0.1) is 0 Å². The van der Waals surface area contributed by atoms with Gasteiger partial charge in [0, 0.05) is 33.7 Å². The average molecular weight is 331 g/mol. The van der Waals surface area contributed by atoms with Gasteiger partial charge in [-0.3, -0.25) is 4.79 Å². The van der Waals surface area contributed by atoms with Crippen molar-refractivity contribution in [2.75, 3.05) is 33.7 Å². The van der Waals surface area contributed by atoms with Crippen LogP contribution >= 0.6 is 0 Å². The lowest BCUT2D eigenvalue weighted by Crippen LogP contribution is -2.48. The maximum absolute atomic E-state index is 12.3. The van der Waals surface area contributed by atoms with E-state index < -0.39 is 0 Å². The fourth-order valence-electron chi connectivity index (χ4n) is 3.16. The summed E-state index contributed by atoms with van der Waals surface area (Å²) in [6.45, 7) is 4.05. The van der Waals surface area contributed by atoms with Gasteiger partial charge in [0.15, 0.2) is 0 Å². The van der Waals surface area contributed by atoms with E-state index in [1.165, 1.54) is 11.1 Å². The number of rotatable bonds is 5. The Kier molecular flexibility index (Phi) is 6.64. The van der Waals surface area contributed by atoms with Gasteiger partial charge in [0.2, 0.25) is 5.91 Å². The second-order valence-corrected chi connectivity index (χ2v) is 6.85. The third kappa shape index (κ3) is 5.25. The summed E-state index contributed by atoms with van der Waals surface area (Å²) in [7, 11) is 3.49. The maximum Gasteiger partial charge on any atom is 0.319 e. The number of likely N-dealkylation sites (tertiary alicyclic amines) is 1. The van der Waals surface area contributed by atoms with E-state index in [4.69, 9.17) is 0 Å². The Morgan fingerprint density at radius 3 is 2.83 bits per heavy atom. The molecule has 1 aromatic carbocycles. The van der Waals surface area contributed by atoms with Gasteiger partial charge in [0.1, 0.15) is 0 Å². The molecule has 0 aromatic heterocycles. The molecule has 1 aromatic rings. The highest BCUT2D eigenvalue weighted by atomic mass is 16.2. The highest BCUT2D eigenvalue weighted by Crippen LogP contribution is 2.17. The van der Waals surface area contributed by atoms with Gasteiger partial charge in [-0.05, 0) is 38.2 Å². The molecule has 1 N–H and O–H groups in total. The molecule has 1 aliphatic rings. The summed E-state index contributed by atoms with van der Waals surface area (Å²) in [6.07, 6.45) is 3.65. The maximum atomic E-state index is 12.3. The van der Waals surface area contributed by atoms with Crippen molar-refractivity contribution in [3.05, 3.63) is 35.4 Å². The molecule has 2 rings (SSSR count). The number of piperidine rings is 1. The van der Waals surface area contributed by atoms with E-state index in [-0.39, 0.29) is 17.9 Å². The first kappa shape index (κ1) is 18.3. The molecule has 0 aliphatic carbocycles. The largest absolute Gasteiger partial charge is 0.356 e. The van der Waals surface area contributed by atoms with Crippen LogP contribution in [-0.4, -0.2) is 55.5 Å². The zero-order valence-corrected chi connectivity index (χ0v) is 15.0. The summed E-state index contributed by atoms with van der Waals surface area (Å²) >= 11 is 0. The molecule has 1 saturated heterocycles. The Balaban J connectivity index is 1.73. The fourth-order valence-corrected chi connectivity index (χ4v) is 3.16. The van der Waals surface area contributed by atoms with Crippen LogP contribution in [0.5, 0.6) is 0 Å². The van der Waals surface area contributed by atoms with Crippen molar-refractivity contribution in [1.29, 1.82) is 0 Å². The molecule has 24 heavy (non-hydrogen) atoms. The number of hydrogen-bond donors (Lipinski definition) is 1. The number of nitrogens with zero attached hydrogens (tertiary/aromatic N) is 2. The molecule has 1 heterocycles. The van der Waals surface area contributed by atoms with Gasteiger partial charge in [-0.2, -0.15) is 0 Å². The smallest absolute Gasteiger partial charge is 0.319 e. The Hall–Kier alpha value is -2.04. The summed E-state index contributed by atoms with van der Waals surface area (Å²) in [5, 5.41) is 3.04. The molecule has 0 bridgehead atoms. The minimum absolute atomic E-state index is 0.00746. The van der Waals surface area contributed by atoms with Crippen LogP contribution in [-0.2, 0) is 11.2 Å². The zero-order chi connectivity index (χ0) is 17.5. The van der Waals surface area contributed by atoms with Crippen LogP contribution in [0.2, 0.25) is 0 Å². The van der Waals surface area contributed by atoms with Crippen molar-refractivity contribution in [3.63, 3.8) is 0 Å². The van der Waals surface area contributed by atoms with E-state index in [1.807, 2.05) is 0 Å². The Morgan fingerprint density at radius 1 is 1.33 bits per heavy atom. The third-order valence-corrected chi connectivity index (χ3v) is 4.47. The third-order valence-electron chi connectivity index (χ3n) is 4.47. The molecule has 1 aliphatic heterocycles. The molecule has 0 unspecified atom stereocenters. The topological polar surface area (TPSA) is 52.7 Å². The molecule has 0 radical (unpaired) electrons. The van der Waals surface area contributed by atoms with Crippen LogP contribution in [0.15, 0.2) is 24.3 Å². The lowest BCUT2D eigenvalue weighted by atomic mass is 9.97. The predicted octanol–water partition coefficient (Wildman–Crippen LogP) is 2.44. The molecule has 1 fully saturated rings. The SMILES string of the molecule is Cc1cccc(CCCNC(=O)[C@@H]2CCCN(C(=O)N(C)C)C2)c1. The minimum atomic E-state index is -0.0818. The van der Waals surface area contributed by atoms with E-state index >= 15 is 0 Å². The van der Waals surface area contributed by atoms with Crippen LogP contribution in [0.1, 0.15) is 30.4 Å². The first-order chi connectivity index (χ1) is 11.5. The lowest BCUT2D eigenvalue weighted by molar-refractivity contribution is -0.126. The standard InChI is InChI=1S/C19H29N3O2/c1-15-7-4-8-16(13-15)9-5-11-20-18(23)17-10-6-12-22(14-17)19(24)21(2)3/h4,7-8,13,17H,5-6,9-12,14H2,1-3H3,(H,20,23)/t17-/m1/s1. The van der Waals surface area contributed by atoms with Crippen LogP contribution in [0, 0.1) is 12.8 Å². The number of hydrogen-bond acceptors (Lipinski definition) is 2. The summed E-state index contributed by atoms with van der Waals surface area (Å²) in [6, 6.07) is 8.47. The molecule has 5 nitrogen and oxygen atoms in total. The predicted molar refractivity (Wildman–Crippen MR) is 95.9 cm³/mol. The average Bonchev–Trinajstić information content (AvgIpc) is 2.58. The van der Waals surface area contributed by atoms with Gasteiger partial charge < -0.3 is 15.1 Å². The molecule has 132 valence electrons. The number of benzene rings is 1. The van der Waals surface area contributed by atoms with E-state index in [2.05, 4.69) is 36.5 Å². The fraction of sp³-hybridized carbons (Fsp3) is 0.579. The van der Waals surface area contributed by atoms with Crippen molar-refractivity contribution in [2.24, 2.45) is 5.92 Å². The van der Waals surface area contributed by atoms with E-state index in [9.17, 15) is 9.59 Å². The van der Waals surface area contributed by atoms with Crippen LogP contribution in [0.25, 0.3) is 0 Å². The van der Waals surface area contributed by atoms with E-state index in [1.54, 1.807) is 23.9 Å². The number of amides is 3. The van der Waals surface area contributed by atoms with Gasteiger partial charge >= 0.3 is 6.03 Å².